The third kappa shape index (κ3) is 4.82. The normalized spacial score (nSPS) is 25.8. The van der Waals surface area contributed by atoms with E-state index in [0.29, 0.717) is 21.9 Å². The molecule has 2 bridgehead atoms. The molecule has 5 aliphatic rings. The van der Waals surface area contributed by atoms with Crippen molar-refractivity contribution >= 4 is 64.3 Å². The van der Waals surface area contributed by atoms with Gasteiger partial charge in [-0.05, 0) is 96.8 Å². The Hall–Kier alpha value is -3.98. The van der Waals surface area contributed by atoms with Gasteiger partial charge in [-0.2, -0.15) is 5.01 Å². The van der Waals surface area contributed by atoms with E-state index >= 15 is 0 Å². The average molecular weight is 650 g/mol. The predicted octanol–water partition coefficient (Wildman–Crippen LogP) is 6.16. The van der Waals surface area contributed by atoms with Crippen LogP contribution in [0, 0.1) is 35.5 Å². The van der Waals surface area contributed by atoms with E-state index in [-0.39, 0.29) is 39.3 Å². The van der Waals surface area contributed by atoms with E-state index in [0.717, 1.165) is 16.4 Å². The van der Waals surface area contributed by atoms with Crippen LogP contribution in [0.5, 0.6) is 5.75 Å². The fraction of sp³-hybridized carbons (Fsp3) is 0.242. The number of imide groups is 1. The second-order valence-corrected chi connectivity index (χ2v) is 12.8. The quantitative estimate of drug-likeness (QED) is 0.1000. The standard InChI is InChI=1S/C33H23Cl3N2O6/c34-18-5-1-17(2-6-18)30(40)37(38-31(41)28-21-11-12-22(25-14-24(21)25)29(28)32(38)42)15-27(39)16-3-8-20(9-4-16)44-33(43)23-10-7-19(35)13-26(23)36/h1-13,21-22,24-25,28-29H,14-15H2/t21-,22-,24-,25+,28+,29+/m0/s1. The van der Waals surface area contributed by atoms with Crippen LogP contribution in [0.2, 0.25) is 15.1 Å². The number of benzene rings is 3. The van der Waals surface area contributed by atoms with Crippen LogP contribution < -0.4 is 4.74 Å². The highest BCUT2D eigenvalue weighted by Gasteiger charge is 2.68. The van der Waals surface area contributed by atoms with Crippen molar-refractivity contribution in [3.63, 3.8) is 0 Å². The third-order valence-electron chi connectivity index (χ3n) is 9.04. The zero-order chi connectivity index (χ0) is 30.9. The van der Waals surface area contributed by atoms with Crippen LogP contribution in [0.1, 0.15) is 37.5 Å². The minimum atomic E-state index is -0.709. The molecule has 2 saturated carbocycles. The number of halogens is 3. The molecule has 44 heavy (non-hydrogen) atoms. The zero-order valence-corrected chi connectivity index (χ0v) is 25.1. The molecule has 11 heteroatoms. The summed E-state index contributed by atoms with van der Waals surface area (Å²) in [5.41, 5.74) is 0.474. The van der Waals surface area contributed by atoms with E-state index in [1.807, 2.05) is 12.2 Å². The molecule has 0 radical (unpaired) electrons. The van der Waals surface area contributed by atoms with E-state index in [1.165, 1.54) is 66.7 Å². The van der Waals surface area contributed by atoms with E-state index in [1.54, 1.807) is 0 Å². The van der Waals surface area contributed by atoms with Gasteiger partial charge in [-0.15, -0.1) is 0 Å². The van der Waals surface area contributed by atoms with Gasteiger partial charge in [0.25, 0.3) is 17.7 Å². The molecule has 3 fully saturated rings. The molecule has 1 heterocycles. The average Bonchev–Trinajstić information content (AvgIpc) is 3.79. The molecule has 3 aromatic carbocycles. The second-order valence-electron chi connectivity index (χ2n) is 11.5. The van der Waals surface area contributed by atoms with Crippen LogP contribution in [0.15, 0.2) is 78.9 Å². The number of allylic oxidation sites excluding steroid dienone is 2. The van der Waals surface area contributed by atoms with Gasteiger partial charge in [-0.25, -0.2) is 9.80 Å². The monoisotopic (exact) mass is 648 g/mol. The highest BCUT2D eigenvalue weighted by Crippen LogP contribution is 2.65. The summed E-state index contributed by atoms with van der Waals surface area (Å²) < 4.78 is 5.39. The summed E-state index contributed by atoms with van der Waals surface area (Å²) in [5, 5.41) is 2.76. The Morgan fingerprint density at radius 2 is 1.34 bits per heavy atom. The number of nitrogens with zero attached hydrogens (tertiary/aromatic N) is 2. The number of hydrazine groups is 1. The second kappa shape index (κ2) is 10.9. The number of amides is 3. The summed E-state index contributed by atoms with van der Waals surface area (Å²) in [6.07, 6.45) is 5.08. The molecular formula is C33H23Cl3N2O6. The Balaban J connectivity index is 1.13. The predicted molar refractivity (Wildman–Crippen MR) is 161 cm³/mol. The maximum absolute atomic E-state index is 13.8. The van der Waals surface area contributed by atoms with Gasteiger partial charge in [0.15, 0.2) is 5.78 Å². The van der Waals surface area contributed by atoms with E-state index in [9.17, 15) is 24.0 Å². The van der Waals surface area contributed by atoms with Gasteiger partial charge in [0.2, 0.25) is 0 Å². The fourth-order valence-electron chi connectivity index (χ4n) is 6.91. The molecular weight excluding hydrogens is 627 g/mol. The van der Waals surface area contributed by atoms with Crippen LogP contribution in [0.4, 0.5) is 0 Å². The third-order valence-corrected chi connectivity index (χ3v) is 9.84. The SMILES string of the molecule is O=C(CN(C(=O)c1ccc(Cl)cc1)N1C(=O)[C@@H]2[C@H]3C=C[C@@H]([C@@H]4C[C@H]34)[C@H]2C1=O)c1ccc(OC(=O)c2ccc(Cl)cc2Cl)cc1. The van der Waals surface area contributed by atoms with Crippen molar-refractivity contribution in [3.8, 4) is 5.75 Å². The van der Waals surface area contributed by atoms with Crippen molar-refractivity contribution < 1.29 is 28.7 Å². The summed E-state index contributed by atoms with van der Waals surface area (Å²) in [7, 11) is 0. The maximum Gasteiger partial charge on any atom is 0.345 e. The molecule has 222 valence electrons. The molecule has 3 amide bonds. The smallest absolute Gasteiger partial charge is 0.345 e. The zero-order valence-electron chi connectivity index (χ0n) is 22.9. The number of hydrogen-bond acceptors (Lipinski definition) is 6. The first-order valence-corrected chi connectivity index (χ1v) is 15.2. The molecule has 0 spiro atoms. The largest absolute Gasteiger partial charge is 0.423 e. The first-order valence-electron chi connectivity index (χ1n) is 14.1. The molecule has 6 atom stereocenters. The van der Waals surface area contributed by atoms with Crippen molar-refractivity contribution in [2.45, 2.75) is 6.42 Å². The Bertz CT molecular complexity index is 1740. The highest BCUT2D eigenvalue weighted by molar-refractivity contribution is 6.36. The molecule has 8 nitrogen and oxygen atoms in total. The van der Waals surface area contributed by atoms with Crippen LogP contribution in [-0.2, 0) is 9.59 Å². The molecule has 0 unspecified atom stereocenters. The molecule has 8 rings (SSSR count). The Labute approximate surface area is 267 Å². The van der Waals surface area contributed by atoms with Gasteiger partial charge >= 0.3 is 5.97 Å². The van der Waals surface area contributed by atoms with Gasteiger partial charge in [-0.3, -0.25) is 19.2 Å². The van der Waals surface area contributed by atoms with Crippen molar-refractivity contribution in [1.29, 1.82) is 0 Å². The Kier molecular flexibility index (Phi) is 7.11. The van der Waals surface area contributed by atoms with Crippen LogP contribution in [-0.4, -0.2) is 46.0 Å². The molecule has 3 aromatic rings. The van der Waals surface area contributed by atoms with Crippen LogP contribution >= 0.6 is 34.8 Å². The molecule has 1 aliphatic heterocycles. The molecule has 0 N–H and O–H groups in total. The van der Waals surface area contributed by atoms with Crippen molar-refractivity contribution in [1.82, 2.24) is 10.0 Å². The topological polar surface area (TPSA) is 101 Å². The number of carbonyl (C=O) groups is 5. The first-order chi connectivity index (χ1) is 21.1. The summed E-state index contributed by atoms with van der Waals surface area (Å²) >= 11 is 18.0. The number of ether oxygens (including phenoxy) is 1. The molecule has 0 aromatic heterocycles. The lowest BCUT2D eigenvalue weighted by molar-refractivity contribution is -0.154. The number of Topliss-reactive ketones (excluding diaryl/α,β-unsaturated/α-hetero) is 1. The fourth-order valence-corrected chi connectivity index (χ4v) is 7.52. The van der Waals surface area contributed by atoms with E-state index in [2.05, 4.69) is 0 Å². The summed E-state index contributed by atoms with van der Waals surface area (Å²) in [6, 6.07) is 16.1. The highest BCUT2D eigenvalue weighted by atomic mass is 35.5. The van der Waals surface area contributed by atoms with Crippen LogP contribution in [0.3, 0.4) is 0 Å². The molecule has 4 aliphatic carbocycles. The van der Waals surface area contributed by atoms with Crippen molar-refractivity contribution in [3.05, 3.63) is 111 Å². The van der Waals surface area contributed by atoms with E-state index < -0.39 is 47.9 Å². The summed E-state index contributed by atoms with van der Waals surface area (Å²) in [5.74, 6) is -3.07. The number of hydrogen-bond donors (Lipinski definition) is 0. The number of esters is 1. The number of ketones is 1. The number of carbonyl (C=O) groups excluding carboxylic acids is 5. The minimum Gasteiger partial charge on any atom is -0.423 e. The lowest BCUT2D eigenvalue weighted by Crippen LogP contribution is -2.52. The van der Waals surface area contributed by atoms with E-state index in [4.69, 9.17) is 39.5 Å². The summed E-state index contributed by atoms with van der Waals surface area (Å²) in [4.78, 5) is 67.6. The van der Waals surface area contributed by atoms with Gasteiger partial charge in [0.05, 0.1) is 22.4 Å². The van der Waals surface area contributed by atoms with Crippen molar-refractivity contribution in [2.75, 3.05) is 6.54 Å². The van der Waals surface area contributed by atoms with Crippen LogP contribution in [0.25, 0.3) is 0 Å². The van der Waals surface area contributed by atoms with Gasteiger partial charge in [0, 0.05) is 21.2 Å². The van der Waals surface area contributed by atoms with Gasteiger partial charge in [0.1, 0.15) is 12.3 Å². The van der Waals surface area contributed by atoms with Gasteiger partial charge in [-0.1, -0.05) is 47.0 Å². The lowest BCUT2D eigenvalue weighted by Gasteiger charge is -2.37. The van der Waals surface area contributed by atoms with Crippen molar-refractivity contribution in [2.24, 2.45) is 35.5 Å². The Morgan fingerprint density at radius 1 is 0.773 bits per heavy atom. The number of rotatable bonds is 7. The Morgan fingerprint density at radius 3 is 1.93 bits per heavy atom. The maximum atomic E-state index is 13.8. The molecule has 1 saturated heterocycles. The van der Waals surface area contributed by atoms with Gasteiger partial charge < -0.3 is 4.74 Å². The summed E-state index contributed by atoms with van der Waals surface area (Å²) in [6.45, 7) is -0.562. The lowest BCUT2D eigenvalue weighted by atomic mass is 9.63. The minimum absolute atomic E-state index is 0.0438. The first kappa shape index (κ1) is 28.8.